The highest BCUT2D eigenvalue weighted by molar-refractivity contribution is 4.94. The highest BCUT2D eigenvalue weighted by Gasteiger charge is 2.37. The van der Waals surface area contributed by atoms with Crippen molar-refractivity contribution in [2.75, 3.05) is 26.2 Å². The van der Waals surface area contributed by atoms with E-state index in [9.17, 15) is 0 Å². The summed E-state index contributed by atoms with van der Waals surface area (Å²) in [5, 5.41) is 0. The van der Waals surface area contributed by atoms with E-state index in [2.05, 4.69) is 9.80 Å². The first-order chi connectivity index (χ1) is 5.93. The Morgan fingerprint density at radius 1 is 0.750 bits per heavy atom. The van der Waals surface area contributed by atoms with Gasteiger partial charge in [-0.15, -0.1) is 0 Å². The van der Waals surface area contributed by atoms with Crippen molar-refractivity contribution in [2.24, 2.45) is 0 Å². The van der Waals surface area contributed by atoms with E-state index >= 15 is 0 Å². The van der Waals surface area contributed by atoms with E-state index in [1.165, 1.54) is 51.9 Å². The van der Waals surface area contributed by atoms with Gasteiger partial charge in [0.25, 0.3) is 0 Å². The quantitative estimate of drug-likeness (QED) is 0.528. The van der Waals surface area contributed by atoms with Crippen LogP contribution in [0.25, 0.3) is 0 Å². The van der Waals surface area contributed by atoms with Gasteiger partial charge in [0.2, 0.25) is 0 Å². The maximum absolute atomic E-state index is 2.73. The van der Waals surface area contributed by atoms with Gasteiger partial charge in [-0.25, -0.2) is 0 Å². The Morgan fingerprint density at radius 2 is 1.25 bits per heavy atom. The van der Waals surface area contributed by atoms with Crippen molar-refractivity contribution in [3.8, 4) is 0 Å². The van der Waals surface area contributed by atoms with Crippen molar-refractivity contribution in [1.82, 2.24) is 9.80 Å². The molecule has 2 nitrogen and oxygen atoms in total. The number of piperazine rings is 1. The lowest BCUT2D eigenvalue weighted by molar-refractivity contribution is 0.0788. The van der Waals surface area contributed by atoms with Crippen LogP contribution in [-0.2, 0) is 0 Å². The van der Waals surface area contributed by atoms with Gasteiger partial charge in [0, 0.05) is 25.2 Å². The van der Waals surface area contributed by atoms with Crippen molar-refractivity contribution in [3.63, 3.8) is 0 Å². The third kappa shape index (κ3) is 1.01. The second-order valence-electron chi connectivity index (χ2n) is 4.58. The van der Waals surface area contributed by atoms with Crippen molar-refractivity contribution < 1.29 is 0 Å². The minimum atomic E-state index is 0.930. The Morgan fingerprint density at radius 3 is 1.75 bits per heavy atom. The Hall–Kier alpha value is -0.0800. The first kappa shape index (κ1) is 7.34. The lowest BCUT2D eigenvalue weighted by Crippen LogP contribution is -2.53. The number of rotatable bonds is 0. The van der Waals surface area contributed by atoms with Crippen LogP contribution in [0.5, 0.6) is 0 Å². The van der Waals surface area contributed by atoms with Crippen LogP contribution in [0.2, 0.25) is 0 Å². The molecule has 0 aromatic heterocycles. The molecule has 0 aromatic rings. The van der Waals surface area contributed by atoms with Gasteiger partial charge < -0.3 is 0 Å². The van der Waals surface area contributed by atoms with Gasteiger partial charge in [0.1, 0.15) is 0 Å². The summed E-state index contributed by atoms with van der Waals surface area (Å²) in [7, 11) is 0. The van der Waals surface area contributed by atoms with Crippen LogP contribution in [0.1, 0.15) is 25.7 Å². The van der Waals surface area contributed by atoms with E-state index in [1.807, 2.05) is 0 Å². The smallest absolute Gasteiger partial charge is 0.0224 e. The largest absolute Gasteiger partial charge is 0.298 e. The van der Waals surface area contributed by atoms with Crippen molar-refractivity contribution in [3.05, 3.63) is 0 Å². The maximum atomic E-state index is 2.73. The van der Waals surface area contributed by atoms with Crippen LogP contribution in [0, 0.1) is 0 Å². The van der Waals surface area contributed by atoms with E-state index in [-0.39, 0.29) is 0 Å². The lowest BCUT2D eigenvalue weighted by atomic mass is 10.1. The minimum Gasteiger partial charge on any atom is -0.298 e. The van der Waals surface area contributed by atoms with Crippen LogP contribution in [-0.4, -0.2) is 48.1 Å². The molecule has 3 aliphatic rings. The second kappa shape index (κ2) is 2.71. The number of fused-ring (bicyclic) bond motifs is 2. The van der Waals surface area contributed by atoms with Gasteiger partial charge in [0.05, 0.1) is 0 Å². The predicted molar refractivity (Wildman–Crippen MR) is 49.2 cm³/mol. The molecule has 0 saturated carbocycles. The average Bonchev–Trinajstić information content (AvgIpc) is 2.64. The van der Waals surface area contributed by atoms with Gasteiger partial charge in [-0.1, -0.05) is 0 Å². The Bertz CT molecular complexity index is 145. The van der Waals surface area contributed by atoms with E-state index in [0.717, 1.165) is 12.1 Å². The molecule has 3 heterocycles. The maximum Gasteiger partial charge on any atom is 0.0224 e. The molecule has 12 heavy (non-hydrogen) atoms. The van der Waals surface area contributed by atoms with E-state index in [4.69, 9.17) is 0 Å². The zero-order valence-electron chi connectivity index (χ0n) is 7.71. The zero-order chi connectivity index (χ0) is 7.97. The van der Waals surface area contributed by atoms with Gasteiger partial charge in [-0.3, -0.25) is 9.80 Å². The summed E-state index contributed by atoms with van der Waals surface area (Å²) in [6, 6.07) is 1.86. The molecule has 2 unspecified atom stereocenters. The highest BCUT2D eigenvalue weighted by Crippen LogP contribution is 2.29. The Kier molecular flexibility index (Phi) is 1.66. The molecule has 2 heteroatoms. The normalized spacial score (nSPS) is 43.0. The molecule has 3 rings (SSSR count). The monoisotopic (exact) mass is 166 g/mol. The molecule has 2 atom stereocenters. The molecule has 0 aromatic carbocycles. The Balaban J connectivity index is 1.75. The summed E-state index contributed by atoms with van der Waals surface area (Å²) in [6.07, 6.45) is 5.82. The van der Waals surface area contributed by atoms with E-state index in [0.29, 0.717) is 0 Å². The summed E-state index contributed by atoms with van der Waals surface area (Å²) < 4.78 is 0. The van der Waals surface area contributed by atoms with Gasteiger partial charge in [0.15, 0.2) is 0 Å². The average molecular weight is 166 g/mol. The van der Waals surface area contributed by atoms with Crippen LogP contribution in [0.3, 0.4) is 0 Å². The predicted octanol–water partition coefficient (Wildman–Crippen LogP) is 0.929. The zero-order valence-corrected chi connectivity index (χ0v) is 7.71. The first-order valence-electron chi connectivity index (χ1n) is 5.41. The topological polar surface area (TPSA) is 6.48 Å². The molecule has 0 spiro atoms. The van der Waals surface area contributed by atoms with Crippen LogP contribution in [0.4, 0.5) is 0 Å². The molecular weight excluding hydrogens is 148 g/mol. The van der Waals surface area contributed by atoms with E-state index in [1.54, 1.807) is 0 Å². The van der Waals surface area contributed by atoms with Gasteiger partial charge in [-0.05, 0) is 38.8 Å². The van der Waals surface area contributed by atoms with Crippen molar-refractivity contribution >= 4 is 0 Å². The van der Waals surface area contributed by atoms with Crippen molar-refractivity contribution in [1.29, 1.82) is 0 Å². The molecule has 0 bridgehead atoms. The number of nitrogens with zero attached hydrogens (tertiary/aromatic N) is 2. The Labute approximate surface area is 74.5 Å². The number of hydrogen-bond acceptors (Lipinski definition) is 2. The number of hydrogen-bond donors (Lipinski definition) is 0. The summed E-state index contributed by atoms with van der Waals surface area (Å²) in [6.45, 7) is 5.53. The molecule has 0 radical (unpaired) electrons. The van der Waals surface area contributed by atoms with Crippen LogP contribution >= 0.6 is 0 Å². The molecule has 0 N–H and O–H groups in total. The summed E-state index contributed by atoms with van der Waals surface area (Å²) in [4.78, 5) is 5.46. The fourth-order valence-corrected chi connectivity index (χ4v) is 3.23. The third-order valence-corrected chi connectivity index (χ3v) is 3.89. The lowest BCUT2D eigenvalue weighted by Gasteiger charge is -2.40. The van der Waals surface area contributed by atoms with Crippen LogP contribution in [0.15, 0.2) is 0 Å². The molecule has 3 fully saturated rings. The summed E-state index contributed by atoms with van der Waals surface area (Å²) >= 11 is 0. The summed E-state index contributed by atoms with van der Waals surface area (Å²) in [5.74, 6) is 0. The minimum absolute atomic E-state index is 0.930. The fourth-order valence-electron chi connectivity index (χ4n) is 3.23. The SMILES string of the molecule is C1CC2CN3CCCC3CN2C1. The molecule has 3 saturated heterocycles. The van der Waals surface area contributed by atoms with Gasteiger partial charge >= 0.3 is 0 Å². The molecule has 68 valence electrons. The standard InChI is InChI=1S/C10H18N2/c1-3-9-7-12-6-2-4-10(12)8-11(9)5-1/h9-10H,1-8H2. The fraction of sp³-hybridized carbons (Fsp3) is 1.00. The molecule has 0 aliphatic carbocycles. The highest BCUT2D eigenvalue weighted by atomic mass is 15.3. The molecule has 3 aliphatic heterocycles. The molecular formula is C10H18N2. The van der Waals surface area contributed by atoms with Crippen molar-refractivity contribution in [2.45, 2.75) is 37.8 Å². The van der Waals surface area contributed by atoms with E-state index < -0.39 is 0 Å². The molecule has 0 amide bonds. The van der Waals surface area contributed by atoms with Gasteiger partial charge in [-0.2, -0.15) is 0 Å². The van der Waals surface area contributed by atoms with Crippen LogP contribution < -0.4 is 0 Å². The third-order valence-electron chi connectivity index (χ3n) is 3.89. The second-order valence-corrected chi connectivity index (χ2v) is 4.58. The first-order valence-corrected chi connectivity index (χ1v) is 5.41. The summed E-state index contributed by atoms with van der Waals surface area (Å²) in [5.41, 5.74) is 0.